The number of nitrogens with one attached hydrogen (secondary N) is 3. The number of ketones is 1. The van der Waals surface area contributed by atoms with Gasteiger partial charge in [-0.25, -0.2) is 4.98 Å². The molecule has 40 heavy (non-hydrogen) atoms. The first-order valence-electron chi connectivity index (χ1n) is 12.9. The number of carbonyl (C=O) groups is 5. The van der Waals surface area contributed by atoms with Crippen LogP contribution in [0.25, 0.3) is 17.0 Å². The molecule has 1 aromatic heterocycles. The zero-order valence-electron chi connectivity index (χ0n) is 22.2. The van der Waals surface area contributed by atoms with Crippen LogP contribution in [0.5, 0.6) is 0 Å². The number of carbonyl (C=O) groups excluding carboxylic acids is 5. The lowest BCUT2D eigenvalue weighted by Gasteiger charge is -2.23. The van der Waals surface area contributed by atoms with Crippen LogP contribution in [0.15, 0.2) is 85.0 Å². The molecule has 0 radical (unpaired) electrons. The second-order valence-electron chi connectivity index (χ2n) is 9.81. The highest BCUT2D eigenvalue weighted by Crippen LogP contribution is 2.23. The molecule has 3 N–H and O–H groups in total. The van der Waals surface area contributed by atoms with Crippen LogP contribution < -0.4 is 16.0 Å². The Morgan fingerprint density at radius 2 is 1.68 bits per heavy atom. The molecule has 9 heteroatoms. The van der Waals surface area contributed by atoms with Gasteiger partial charge in [-0.3, -0.25) is 29.3 Å². The van der Waals surface area contributed by atoms with Gasteiger partial charge in [0.25, 0.3) is 0 Å². The lowest BCUT2D eigenvalue weighted by molar-refractivity contribution is -0.136. The van der Waals surface area contributed by atoms with Gasteiger partial charge in [0.2, 0.25) is 23.6 Å². The zero-order valence-corrected chi connectivity index (χ0v) is 22.2. The van der Waals surface area contributed by atoms with Gasteiger partial charge in [-0.15, -0.1) is 0 Å². The first-order chi connectivity index (χ1) is 19.1. The summed E-state index contributed by atoms with van der Waals surface area (Å²) >= 11 is 0. The average molecular weight is 539 g/mol. The van der Waals surface area contributed by atoms with Crippen LogP contribution in [-0.2, 0) is 24.0 Å². The molecule has 4 rings (SSSR count). The van der Waals surface area contributed by atoms with Crippen molar-refractivity contribution in [2.75, 3.05) is 0 Å². The highest BCUT2D eigenvalue weighted by Gasteiger charge is 2.45. The number of rotatable bonds is 10. The van der Waals surface area contributed by atoms with E-state index in [2.05, 4.69) is 27.5 Å². The fourth-order valence-electron chi connectivity index (χ4n) is 4.58. The van der Waals surface area contributed by atoms with Gasteiger partial charge in [-0.2, -0.15) is 0 Å². The summed E-state index contributed by atoms with van der Waals surface area (Å²) < 4.78 is 0. The minimum Gasteiger partial charge on any atom is -0.345 e. The minimum absolute atomic E-state index is 0.180. The standard InChI is InChI=1S/C31H30N4O5/c1-18(2)28(29(38)27-19(3)30(39)35-31(27)40)34-26(37)17-24(20-9-5-4-6-10-20)33-25(36)16-15-22-14-13-21-11-7-8-12-23(21)32-22/h4-16,19,24,27-28H,1,17H2,2-3H3,(H,33,36)(H,34,37)(H,35,39,40)/b16-15+/t19-,24-,27+,28-/m0/s1. The lowest BCUT2D eigenvalue weighted by atomic mass is 9.86. The number of para-hydroxylation sites is 1. The maximum atomic E-state index is 13.2. The number of imide groups is 1. The van der Waals surface area contributed by atoms with E-state index in [9.17, 15) is 24.0 Å². The normalized spacial score (nSPS) is 18.2. The summed E-state index contributed by atoms with van der Waals surface area (Å²) in [5.74, 6) is -4.86. The second kappa shape index (κ2) is 12.3. The maximum Gasteiger partial charge on any atom is 0.244 e. The van der Waals surface area contributed by atoms with E-state index in [1.807, 2.05) is 42.5 Å². The average Bonchev–Trinajstić information content (AvgIpc) is 3.20. The second-order valence-corrected chi connectivity index (χ2v) is 9.81. The van der Waals surface area contributed by atoms with Gasteiger partial charge in [0.05, 0.1) is 29.6 Å². The van der Waals surface area contributed by atoms with E-state index in [4.69, 9.17) is 0 Å². The highest BCUT2D eigenvalue weighted by atomic mass is 16.2. The largest absolute Gasteiger partial charge is 0.345 e. The number of benzene rings is 2. The molecule has 204 valence electrons. The van der Waals surface area contributed by atoms with E-state index in [0.717, 1.165) is 10.9 Å². The number of fused-ring (bicyclic) bond motifs is 1. The fraction of sp³-hybridized carbons (Fsp3) is 0.226. The topological polar surface area (TPSA) is 134 Å². The predicted molar refractivity (Wildman–Crippen MR) is 150 cm³/mol. The Bertz CT molecular complexity index is 1510. The van der Waals surface area contributed by atoms with Crippen LogP contribution in [0.1, 0.15) is 37.6 Å². The number of hydrogen-bond donors (Lipinski definition) is 3. The van der Waals surface area contributed by atoms with Crippen molar-refractivity contribution in [3.05, 3.63) is 96.2 Å². The van der Waals surface area contributed by atoms with Crippen LogP contribution in [0.3, 0.4) is 0 Å². The number of nitrogens with zero attached hydrogens (tertiary/aromatic N) is 1. The summed E-state index contributed by atoms with van der Waals surface area (Å²) in [4.78, 5) is 67.7. The van der Waals surface area contributed by atoms with Crippen LogP contribution in [0, 0.1) is 11.8 Å². The zero-order chi connectivity index (χ0) is 28.8. The summed E-state index contributed by atoms with van der Waals surface area (Å²) in [6.45, 7) is 6.84. The lowest BCUT2D eigenvalue weighted by Crippen LogP contribution is -2.47. The molecule has 0 bridgehead atoms. The van der Waals surface area contributed by atoms with E-state index in [1.54, 1.807) is 37.3 Å². The summed E-state index contributed by atoms with van der Waals surface area (Å²) in [6, 6.07) is 18.5. The Morgan fingerprint density at radius 3 is 2.35 bits per heavy atom. The minimum atomic E-state index is -1.21. The third kappa shape index (κ3) is 6.55. The van der Waals surface area contributed by atoms with Gasteiger partial charge in [-0.1, -0.05) is 73.7 Å². The molecule has 1 fully saturated rings. The molecule has 0 spiro atoms. The number of Topliss-reactive ketones (excluding diaryl/α,β-unsaturated/α-hetero) is 1. The Hall–Kier alpha value is -4.92. The molecule has 0 saturated carbocycles. The summed E-state index contributed by atoms with van der Waals surface area (Å²) in [5.41, 5.74) is 2.42. The van der Waals surface area contributed by atoms with Gasteiger partial charge >= 0.3 is 0 Å². The van der Waals surface area contributed by atoms with Crippen LogP contribution in [-0.4, -0.2) is 40.4 Å². The maximum absolute atomic E-state index is 13.2. The molecule has 1 saturated heterocycles. The third-order valence-corrected chi connectivity index (χ3v) is 6.76. The van der Waals surface area contributed by atoms with Crippen molar-refractivity contribution in [1.82, 2.24) is 20.9 Å². The Labute approximate surface area is 231 Å². The van der Waals surface area contributed by atoms with E-state index < -0.39 is 53.3 Å². The van der Waals surface area contributed by atoms with Crippen molar-refractivity contribution in [1.29, 1.82) is 0 Å². The molecule has 0 unspecified atom stereocenters. The third-order valence-electron chi connectivity index (χ3n) is 6.76. The first-order valence-corrected chi connectivity index (χ1v) is 12.9. The van der Waals surface area contributed by atoms with Gasteiger partial charge in [0.15, 0.2) is 5.78 Å². The molecule has 0 aliphatic carbocycles. The van der Waals surface area contributed by atoms with Crippen molar-refractivity contribution in [3.8, 4) is 0 Å². The smallest absolute Gasteiger partial charge is 0.244 e. The predicted octanol–water partition coefficient (Wildman–Crippen LogP) is 3.03. The van der Waals surface area contributed by atoms with E-state index in [-0.39, 0.29) is 6.42 Å². The Kier molecular flexibility index (Phi) is 8.63. The number of amides is 4. The molecule has 9 nitrogen and oxygen atoms in total. The van der Waals surface area contributed by atoms with Gasteiger partial charge in [0, 0.05) is 11.5 Å². The molecular weight excluding hydrogens is 508 g/mol. The summed E-state index contributed by atoms with van der Waals surface area (Å²) in [5, 5.41) is 8.63. The molecule has 1 aliphatic heterocycles. The van der Waals surface area contributed by atoms with Gasteiger partial charge in [0.1, 0.15) is 12.0 Å². The Balaban J connectivity index is 1.46. The monoisotopic (exact) mass is 538 g/mol. The van der Waals surface area contributed by atoms with E-state index in [0.29, 0.717) is 16.8 Å². The molecule has 4 atom stereocenters. The SMILES string of the molecule is C=C(C)[C@H](NC(=O)C[C@H](NC(=O)/C=C/c1ccc2ccccc2n1)c1ccccc1)C(=O)[C@@H]1C(=O)NC(=O)[C@H]1C. The fourth-order valence-corrected chi connectivity index (χ4v) is 4.58. The number of aromatic nitrogens is 1. The van der Waals surface area contributed by atoms with Crippen LogP contribution in [0.4, 0.5) is 0 Å². The molecule has 2 heterocycles. The Morgan fingerprint density at radius 1 is 0.975 bits per heavy atom. The first kappa shape index (κ1) is 28.1. The molecule has 3 aromatic rings. The molecule has 1 aliphatic rings. The number of hydrogen-bond acceptors (Lipinski definition) is 6. The van der Waals surface area contributed by atoms with Crippen molar-refractivity contribution >= 4 is 46.4 Å². The molecular formula is C31H30N4O5. The van der Waals surface area contributed by atoms with Crippen LogP contribution in [0.2, 0.25) is 0 Å². The van der Waals surface area contributed by atoms with Gasteiger partial charge in [-0.05, 0) is 30.7 Å². The van der Waals surface area contributed by atoms with Crippen LogP contribution >= 0.6 is 0 Å². The van der Waals surface area contributed by atoms with Crippen molar-refractivity contribution in [3.63, 3.8) is 0 Å². The van der Waals surface area contributed by atoms with E-state index in [1.165, 1.54) is 13.0 Å². The van der Waals surface area contributed by atoms with Crippen molar-refractivity contribution < 1.29 is 24.0 Å². The van der Waals surface area contributed by atoms with Crippen molar-refractivity contribution in [2.45, 2.75) is 32.4 Å². The molecule has 2 aromatic carbocycles. The quantitative estimate of drug-likeness (QED) is 0.157. The number of pyridine rings is 1. The van der Waals surface area contributed by atoms with Crippen molar-refractivity contribution in [2.24, 2.45) is 11.8 Å². The summed E-state index contributed by atoms with van der Waals surface area (Å²) in [6.07, 6.45) is 2.76. The summed E-state index contributed by atoms with van der Waals surface area (Å²) in [7, 11) is 0. The van der Waals surface area contributed by atoms with E-state index >= 15 is 0 Å². The highest BCUT2D eigenvalue weighted by molar-refractivity contribution is 6.17. The molecule has 4 amide bonds. The van der Waals surface area contributed by atoms with Gasteiger partial charge < -0.3 is 10.6 Å².